The molecule has 1 aromatic carbocycles. The van der Waals surface area contributed by atoms with Crippen molar-refractivity contribution in [3.05, 3.63) is 61.0 Å². The Hall–Kier alpha value is -2.11. The molecule has 1 aliphatic heterocycles. The van der Waals surface area contributed by atoms with Gasteiger partial charge in [-0.2, -0.15) is 0 Å². The predicted molar refractivity (Wildman–Crippen MR) is 141 cm³/mol. The van der Waals surface area contributed by atoms with Gasteiger partial charge in [0.05, 0.1) is 9.23 Å². The predicted octanol–water partition coefficient (Wildman–Crippen LogP) is 4.09. The quantitative estimate of drug-likeness (QED) is 0.383. The molecule has 4 aromatic rings. The minimum absolute atomic E-state index is 0.0993. The maximum atomic E-state index is 13.1. The molecule has 0 radical (unpaired) electrons. The van der Waals surface area contributed by atoms with E-state index < -0.39 is 0 Å². The minimum atomic E-state index is -0.124. The maximum absolute atomic E-state index is 13.1. The van der Waals surface area contributed by atoms with Crippen molar-refractivity contribution >= 4 is 88.7 Å². The maximum Gasteiger partial charge on any atom is 0.269 e. The number of thiazole rings is 2. The highest BCUT2D eigenvalue weighted by atomic mass is 32.2. The molecule has 1 fully saturated rings. The molecule has 3 aromatic heterocycles. The van der Waals surface area contributed by atoms with Crippen LogP contribution >= 0.6 is 58.0 Å². The zero-order valence-corrected chi connectivity index (χ0v) is 21.2. The van der Waals surface area contributed by atoms with E-state index in [0.717, 1.165) is 14.5 Å². The van der Waals surface area contributed by atoms with E-state index in [9.17, 15) is 9.59 Å². The first-order valence-corrected chi connectivity index (χ1v) is 13.6. The number of hydrogen-bond acceptors (Lipinski definition) is 8. The summed E-state index contributed by atoms with van der Waals surface area (Å²) < 4.78 is 4.54. The average molecular weight is 516 g/mol. The van der Waals surface area contributed by atoms with E-state index in [0.29, 0.717) is 31.5 Å². The number of aromatic nitrogens is 2. The van der Waals surface area contributed by atoms with E-state index in [1.54, 1.807) is 32.1 Å². The Morgan fingerprint density at radius 1 is 1.06 bits per heavy atom. The summed E-state index contributed by atoms with van der Waals surface area (Å²) in [5, 5.41) is 0.792. The molecule has 0 unspecified atom stereocenters. The fourth-order valence-corrected chi connectivity index (χ4v) is 8.38. The Balaban J connectivity index is 1.59. The lowest BCUT2D eigenvalue weighted by Gasteiger charge is -2.09. The van der Waals surface area contributed by atoms with Crippen LogP contribution in [0.1, 0.15) is 18.9 Å². The number of benzene rings is 1. The van der Waals surface area contributed by atoms with E-state index in [1.165, 1.54) is 33.5 Å². The summed E-state index contributed by atoms with van der Waals surface area (Å²) in [6.45, 7) is 4.82. The fourth-order valence-electron chi connectivity index (χ4n) is 3.44. The number of fused-ring (bicyclic) bond motifs is 1. The van der Waals surface area contributed by atoms with Crippen LogP contribution in [-0.4, -0.2) is 31.2 Å². The number of hydrogen-bond donors (Lipinski definition) is 0. The monoisotopic (exact) mass is 515 g/mol. The van der Waals surface area contributed by atoms with Crippen molar-refractivity contribution in [3.8, 4) is 10.4 Å². The lowest BCUT2D eigenvalue weighted by atomic mass is 10.2. The van der Waals surface area contributed by atoms with Gasteiger partial charge in [0.15, 0.2) is 0 Å². The number of rotatable bonds is 4. The lowest BCUT2D eigenvalue weighted by molar-refractivity contribution is -0.120. The van der Waals surface area contributed by atoms with Crippen LogP contribution < -0.4 is 14.8 Å². The molecular weight excluding hydrogens is 499 g/mol. The Morgan fingerprint density at radius 2 is 1.84 bits per heavy atom. The lowest BCUT2D eigenvalue weighted by Crippen LogP contribution is -2.33. The van der Waals surface area contributed by atoms with Crippen LogP contribution in [0, 0.1) is 0 Å². The molecule has 0 atom stereocenters. The molecule has 0 aliphatic carbocycles. The van der Waals surface area contributed by atoms with Crippen molar-refractivity contribution in [2.24, 2.45) is 0 Å². The van der Waals surface area contributed by atoms with Crippen LogP contribution in [0.4, 0.5) is 0 Å². The summed E-state index contributed by atoms with van der Waals surface area (Å²) in [6.07, 6.45) is 1.84. The topological polar surface area (TPSA) is 55.2 Å². The highest BCUT2D eigenvalue weighted by Crippen LogP contribution is 2.36. The molecule has 32 heavy (non-hydrogen) atoms. The summed E-state index contributed by atoms with van der Waals surface area (Å²) >= 11 is 11.2. The van der Waals surface area contributed by atoms with Gasteiger partial charge in [-0.1, -0.05) is 54.3 Å². The number of thiocarbonyl (C=S) groups is 1. The largest absolute Gasteiger partial charge is 0.298 e. The van der Waals surface area contributed by atoms with Crippen molar-refractivity contribution in [3.63, 3.8) is 0 Å². The van der Waals surface area contributed by atoms with Gasteiger partial charge >= 0.3 is 0 Å². The molecule has 162 valence electrons. The first-order chi connectivity index (χ1) is 15.5. The Labute approximate surface area is 205 Å². The molecule has 0 spiro atoms. The van der Waals surface area contributed by atoms with Gasteiger partial charge in [-0.3, -0.25) is 19.1 Å². The Morgan fingerprint density at radius 3 is 2.50 bits per heavy atom. The van der Waals surface area contributed by atoms with E-state index in [1.807, 2.05) is 38.1 Å². The van der Waals surface area contributed by atoms with Crippen molar-refractivity contribution < 1.29 is 4.79 Å². The van der Waals surface area contributed by atoms with Crippen molar-refractivity contribution in [1.29, 1.82) is 0 Å². The third-order valence-electron chi connectivity index (χ3n) is 5.00. The number of nitrogens with zero attached hydrogens (tertiary/aromatic N) is 3. The molecule has 4 heterocycles. The van der Waals surface area contributed by atoms with Crippen LogP contribution in [0.3, 0.4) is 0 Å². The van der Waals surface area contributed by atoms with Crippen molar-refractivity contribution in [2.45, 2.75) is 20.4 Å². The van der Waals surface area contributed by atoms with Gasteiger partial charge in [-0.25, -0.2) is 4.98 Å². The third-order valence-corrected chi connectivity index (χ3v) is 9.86. The molecule has 1 saturated heterocycles. The molecule has 5 rings (SSSR count). The second kappa shape index (κ2) is 8.68. The zero-order chi connectivity index (χ0) is 22.4. The zero-order valence-electron chi connectivity index (χ0n) is 17.2. The first-order valence-electron chi connectivity index (χ1n) is 9.95. The number of amides is 1. The Kier molecular flexibility index (Phi) is 5.89. The van der Waals surface area contributed by atoms with E-state index >= 15 is 0 Å². The minimum Gasteiger partial charge on any atom is -0.298 e. The summed E-state index contributed by atoms with van der Waals surface area (Å²) in [7, 11) is 0. The van der Waals surface area contributed by atoms with Crippen LogP contribution in [0.15, 0.2) is 41.2 Å². The fraction of sp³-hybridized carbons (Fsp3) is 0.182. The SMILES string of the molecule is CCN1C(=O)/C(=c2\s/c(=C/c3nc4sc(-c5ccccc5)cc4s3)c(=O)n2CC)SC1=S. The van der Waals surface area contributed by atoms with Gasteiger partial charge in [0, 0.05) is 18.0 Å². The van der Waals surface area contributed by atoms with E-state index in [4.69, 9.17) is 17.2 Å². The highest BCUT2D eigenvalue weighted by molar-refractivity contribution is 8.30. The molecule has 10 heteroatoms. The van der Waals surface area contributed by atoms with Gasteiger partial charge in [-0.05, 0) is 31.6 Å². The first kappa shape index (κ1) is 21.7. The van der Waals surface area contributed by atoms with E-state index in [-0.39, 0.29) is 11.5 Å². The average Bonchev–Trinajstić information content (AvgIpc) is 3.50. The van der Waals surface area contributed by atoms with Gasteiger partial charge in [0.25, 0.3) is 11.5 Å². The second-order valence-electron chi connectivity index (χ2n) is 6.91. The number of carbonyl (C=O) groups excluding carboxylic acids is 1. The van der Waals surface area contributed by atoms with Gasteiger partial charge in [-0.15, -0.1) is 34.0 Å². The summed E-state index contributed by atoms with van der Waals surface area (Å²) in [5.74, 6) is -0.124. The van der Waals surface area contributed by atoms with Crippen LogP contribution in [0.5, 0.6) is 0 Å². The van der Waals surface area contributed by atoms with Crippen LogP contribution in [0.25, 0.3) is 31.0 Å². The van der Waals surface area contributed by atoms with Crippen LogP contribution in [0.2, 0.25) is 0 Å². The third kappa shape index (κ3) is 3.69. The molecule has 1 amide bonds. The normalized spacial score (nSPS) is 16.7. The number of thiophene rings is 1. The highest BCUT2D eigenvalue weighted by Gasteiger charge is 2.32. The van der Waals surface area contributed by atoms with Gasteiger partial charge < -0.3 is 0 Å². The Bertz CT molecular complexity index is 1510. The molecule has 5 nitrogen and oxygen atoms in total. The summed E-state index contributed by atoms with van der Waals surface area (Å²) in [5.41, 5.74) is 1.08. The molecule has 0 saturated carbocycles. The summed E-state index contributed by atoms with van der Waals surface area (Å²) in [6, 6.07) is 12.4. The van der Waals surface area contributed by atoms with Gasteiger partial charge in [0.2, 0.25) is 0 Å². The molecule has 1 aliphatic rings. The summed E-state index contributed by atoms with van der Waals surface area (Å²) in [4.78, 5) is 34.8. The van der Waals surface area contributed by atoms with Gasteiger partial charge in [0.1, 0.15) is 23.7 Å². The second-order valence-corrected chi connectivity index (χ2v) is 11.7. The molecule has 0 bridgehead atoms. The standard InChI is InChI=1S/C22H17N3O2S5/c1-3-24-19(26)15(31-21(24)17-20(27)25(4-2)22(28)32-17)11-16-23-18-14(29-16)10-13(30-18)12-8-6-5-7-9-12/h5-11H,3-4H2,1-2H3/b15-11+,21-17+. The van der Waals surface area contributed by atoms with Crippen molar-refractivity contribution in [1.82, 2.24) is 14.5 Å². The molecule has 0 N–H and O–H groups in total. The number of thioether (sulfide) groups is 1. The molecular formula is C22H17N3O2S5. The number of carbonyl (C=O) groups is 1. The van der Waals surface area contributed by atoms with Crippen molar-refractivity contribution in [2.75, 3.05) is 6.54 Å². The van der Waals surface area contributed by atoms with E-state index in [2.05, 4.69) is 18.2 Å². The smallest absolute Gasteiger partial charge is 0.269 e. The van der Waals surface area contributed by atoms with Crippen LogP contribution in [-0.2, 0) is 11.3 Å².